The molecule has 0 unspecified atom stereocenters. The van der Waals surface area contributed by atoms with Gasteiger partial charge < -0.3 is 5.32 Å². The highest BCUT2D eigenvalue weighted by atomic mass is 79.9. The second-order valence-corrected chi connectivity index (χ2v) is 6.48. The van der Waals surface area contributed by atoms with Gasteiger partial charge in [0.15, 0.2) is 0 Å². The molecule has 1 aromatic carbocycles. The van der Waals surface area contributed by atoms with Crippen molar-refractivity contribution in [2.45, 2.75) is 25.7 Å². The van der Waals surface area contributed by atoms with Crippen LogP contribution in [-0.4, -0.2) is 9.97 Å². The maximum Gasteiger partial charge on any atom is 0.135 e. The predicted octanol–water partition coefficient (Wildman–Crippen LogP) is 4.93. The van der Waals surface area contributed by atoms with Crippen LogP contribution < -0.4 is 5.32 Å². The standard InChI is InChI=1S/C14H13Br2N3/c1-8-2-5-11(10(15)6-8)17-13-7-12(16)18-14(19-13)9-3-4-9/h2,5-7,9H,3-4H2,1H3,(H,17,18,19). The quantitative estimate of drug-likeness (QED) is 0.764. The zero-order valence-corrected chi connectivity index (χ0v) is 13.6. The lowest BCUT2D eigenvalue weighted by Crippen LogP contribution is -2.00. The molecule has 1 fully saturated rings. The van der Waals surface area contributed by atoms with Crippen molar-refractivity contribution in [3.8, 4) is 0 Å². The van der Waals surface area contributed by atoms with Crippen molar-refractivity contribution >= 4 is 43.4 Å². The molecule has 0 bridgehead atoms. The van der Waals surface area contributed by atoms with Crippen LogP contribution in [0.3, 0.4) is 0 Å². The number of anilines is 2. The van der Waals surface area contributed by atoms with Gasteiger partial charge in [-0.05, 0) is 69.3 Å². The molecule has 0 saturated heterocycles. The van der Waals surface area contributed by atoms with Crippen molar-refractivity contribution in [2.24, 2.45) is 0 Å². The molecule has 3 rings (SSSR count). The summed E-state index contributed by atoms with van der Waals surface area (Å²) in [5.41, 5.74) is 2.23. The predicted molar refractivity (Wildman–Crippen MR) is 83.9 cm³/mol. The van der Waals surface area contributed by atoms with E-state index in [0.29, 0.717) is 5.92 Å². The number of aryl methyl sites for hydroxylation is 1. The molecule has 3 nitrogen and oxygen atoms in total. The van der Waals surface area contributed by atoms with Crippen LogP contribution in [0.15, 0.2) is 33.3 Å². The average molecular weight is 383 g/mol. The fourth-order valence-corrected chi connectivity index (χ4v) is 2.87. The number of nitrogens with zero attached hydrogens (tertiary/aromatic N) is 2. The summed E-state index contributed by atoms with van der Waals surface area (Å²) in [6.07, 6.45) is 2.40. The average Bonchev–Trinajstić information content (AvgIpc) is 3.16. The van der Waals surface area contributed by atoms with Crippen LogP contribution in [0.1, 0.15) is 30.1 Å². The summed E-state index contributed by atoms with van der Waals surface area (Å²) in [6, 6.07) is 8.11. The Morgan fingerprint density at radius 2 is 1.95 bits per heavy atom. The molecule has 5 heteroatoms. The maximum atomic E-state index is 4.58. The van der Waals surface area contributed by atoms with Crippen LogP contribution in [0.25, 0.3) is 0 Å². The Morgan fingerprint density at radius 3 is 2.63 bits per heavy atom. The topological polar surface area (TPSA) is 37.8 Å². The van der Waals surface area contributed by atoms with Crippen LogP contribution in [0, 0.1) is 6.92 Å². The minimum Gasteiger partial charge on any atom is -0.339 e. The Balaban J connectivity index is 1.89. The van der Waals surface area contributed by atoms with Crippen molar-refractivity contribution in [3.05, 3.63) is 44.7 Å². The summed E-state index contributed by atoms with van der Waals surface area (Å²) in [4.78, 5) is 9.01. The second-order valence-electron chi connectivity index (χ2n) is 4.82. The van der Waals surface area contributed by atoms with Crippen molar-refractivity contribution in [3.63, 3.8) is 0 Å². The molecule has 1 saturated carbocycles. The van der Waals surface area contributed by atoms with E-state index >= 15 is 0 Å². The molecule has 1 aliphatic carbocycles. The van der Waals surface area contributed by atoms with Crippen molar-refractivity contribution < 1.29 is 0 Å². The van der Waals surface area contributed by atoms with Gasteiger partial charge in [-0.1, -0.05) is 6.07 Å². The first-order chi connectivity index (χ1) is 9.11. The van der Waals surface area contributed by atoms with Gasteiger partial charge in [-0.2, -0.15) is 0 Å². The van der Waals surface area contributed by atoms with E-state index in [4.69, 9.17) is 0 Å². The molecule has 0 radical (unpaired) electrons. The minimum absolute atomic E-state index is 0.541. The Bertz CT molecular complexity index is 624. The highest BCUT2D eigenvalue weighted by molar-refractivity contribution is 9.10. The van der Waals surface area contributed by atoms with Crippen molar-refractivity contribution in [1.29, 1.82) is 0 Å². The zero-order chi connectivity index (χ0) is 13.4. The normalized spacial score (nSPS) is 14.5. The van der Waals surface area contributed by atoms with Crippen LogP contribution >= 0.6 is 31.9 Å². The van der Waals surface area contributed by atoms with Crippen LogP contribution in [-0.2, 0) is 0 Å². The Hall–Kier alpha value is -0.940. The third kappa shape index (κ3) is 3.15. The molecular weight excluding hydrogens is 370 g/mol. The molecule has 1 N–H and O–H groups in total. The molecule has 1 heterocycles. The lowest BCUT2D eigenvalue weighted by molar-refractivity contribution is 0.919. The monoisotopic (exact) mass is 381 g/mol. The third-order valence-corrected chi connectivity index (χ3v) is 4.10. The van der Waals surface area contributed by atoms with E-state index in [1.54, 1.807) is 0 Å². The van der Waals surface area contributed by atoms with Gasteiger partial charge in [0.2, 0.25) is 0 Å². The van der Waals surface area contributed by atoms with E-state index < -0.39 is 0 Å². The summed E-state index contributed by atoms with van der Waals surface area (Å²) < 4.78 is 1.87. The summed E-state index contributed by atoms with van der Waals surface area (Å²) >= 11 is 7.02. The molecule has 0 amide bonds. The van der Waals surface area contributed by atoms with Gasteiger partial charge in [0, 0.05) is 16.5 Å². The van der Waals surface area contributed by atoms with Gasteiger partial charge in [-0.25, -0.2) is 9.97 Å². The molecular formula is C14H13Br2N3. The molecule has 0 aliphatic heterocycles. The third-order valence-electron chi connectivity index (χ3n) is 3.04. The van der Waals surface area contributed by atoms with E-state index in [9.17, 15) is 0 Å². The van der Waals surface area contributed by atoms with Gasteiger partial charge in [0.1, 0.15) is 16.2 Å². The largest absolute Gasteiger partial charge is 0.339 e. The molecule has 98 valence electrons. The van der Waals surface area contributed by atoms with Gasteiger partial charge >= 0.3 is 0 Å². The Labute approximate surface area is 129 Å². The van der Waals surface area contributed by atoms with E-state index in [0.717, 1.165) is 26.4 Å². The summed E-state index contributed by atoms with van der Waals surface area (Å²) in [5.74, 6) is 2.30. The van der Waals surface area contributed by atoms with Crippen LogP contribution in [0.5, 0.6) is 0 Å². The minimum atomic E-state index is 0.541. The van der Waals surface area contributed by atoms with Gasteiger partial charge in [0.25, 0.3) is 0 Å². The summed E-state index contributed by atoms with van der Waals surface area (Å²) in [5, 5.41) is 3.34. The van der Waals surface area contributed by atoms with Crippen LogP contribution in [0.4, 0.5) is 11.5 Å². The first-order valence-corrected chi connectivity index (χ1v) is 7.78. The van der Waals surface area contributed by atoms with Gasteiger partial charge in [-0.15, -0.1) is 0 Å². The van der Waals surface area contributed by atoms with Gasteiger partial charge in [-0.3, -0.25) is 0 Å². The molecule has 1 aromatic heterocycles. The number of hydrogen-bond donors (Lipinski definition) is 1. The summed E-state index contributed by atoms with van der Waals surface area (Å²) in [6.45, 7) is 2.07. The lowest BCUT2D eigenvalue weighted by Gasteiger charge is -2.10. The second kappa shape index (κ2) is 5.21. The smallest absolute Gasteiger partial charge is 0.135 e. The molecule has 0 spiro atoms. The molecule has 2 aromatic rings. The number of rotatable bonds is 3. The lowest BCUT2D eigenvalue weighted by atomic mass is 10.2. The zero-order valence-electron chi connectivity index (χ0n) is 10.5. The fraction of sp³-hybridized carbons (Fsp3) is 0.286. The number of nitrogens with one attached hydrogen (secondary N) is 1. The number of halogens is 2. The highest BCUT2D eigenvalue weighted by Gasteiger charge is 2.27. The molecule has 0 atom stereocenters. The molecule has 1 aliphatic rings. The Morgan fingerprint density at radius 1 is 1.16 bits per heavy atom. The SMILES string of the molecule is Cc1ccc(Nc2cc(Br)nc(C3CC3)n2)c(Br)c1. The van der Waals surface area contributed by atoms with Crippen molar-refractivity contribution in [1.82, 2.24) is 9.97 Å². The first-order valence-electron chi connectivity index (χ1n) is 6.19. The van der Waals surface area contributed by atoms with E-state index in [1.165, 1.54) is 18.4 Å². The maximum absolute atomic E-state index is 4.58. The van der Waals surface area contributed by atoms with E-state index in [2.05, 4.69) is 66.2 Å². The number of benzene rings is 1. The van der Waals surface area contributed by atoms with E-state index in [-0.39, 0.29) is 0 Å². The van der Waals surface area contributed by atoms with Crippen molar-refractivity contribution in [2.75, 3.05) is 5.32 Å². The first kappa shape index (κ1) is 13.1. The summed E-state index contributed by atoms with van der Waals surface area (Å²) in [7, 11) is 0. The molecule has 19 heavy (non-hydrogen) atoms. The number of hydrogen-bond acceptors (Lipinski definition) is 3. The van der Waals surface area contributed by atoms with E-state index in [1.807, 2.05) is 12.1 Å². The Kier molecular flexibility index (Phi) is 3.58. The fourth-order valence-electron chi connectivity index (χ4n) is 1.88. The highest BCUT2D eigenvalue weighted by Crippen LogP contribution is 2.39. The van der Waals surface area contributed by atoms with Gasteiger partial charge in [0.05, 0.1) is 5.69 Å². The number of aromatic nitrogens is 2. The van der Waals surface area contributed by atoms with Crippen LogP contribution in [0.2, 0.25) is 0 Å².